The molecule has 0 saturated carbocycles. The van der Waals surface area contributed by atoms with Gasteiger partial charge in [-0.2, -0.15) is 4.52 Å². The summed E-state index contributed by atoms with van der Waals surface area (Å²) in [6.07, 6.45) is 0.349. The number of benzene rings is 1. The molecule has 0 heterocycles. The smallest absolute Gasteiger partial charge is 0.287 e. The normalized spacial score (nSPS) is 10.8. The van der Waals surface area contributed by atoms with Crippen LogP contribution < -0.4 is 0 Å². The lowest BCUT2D eigenvalue weighted by Gasteiger charge is -1.93. The number of rotatable bonds is 4. The van der Waals surface area contributed by atoms with Gasteiger partial charge >= 0.3 is 8.61 Å². The second kappa shape index (κ2) is 5.69. The highest BCUT2D eigenvalue weighted by Gasteiger charge is 1.99. The zero-order chi connectivity index (χ0) is 9.52. The summed E-state index contributed by atoms with van der Waals surface area (Å²) in [4.78, 5) is 11.1. The van der Waals surface area contributed by atoms with Crippen molar-refractivity contribution in [3.63, 3.8) is 0 Å². The molecular formula is C8H7NO2P2. The molecular weight excluding hydrogens is 204 g/mol. The Kier molecular flexibility index (Phi) is 4.45. The van der Waals surface area contributed by atoms with Crippen LogP contribution in [0.4, 0.5) is 0 Å². The monoisotopic (exact) mass is 211 g/mol. The van der Waals surface area contributed by atoms with E-state index in [1.807, 2.05) is 30.3 Å². The predicted octanol–water partition coefficient (Wildman–Crippen LogP) is 3.09. The van der Waals surface area contributed by atoms with Crippen LogP contribution in [0.15, 0.2) is 34.8 Å². The van der Waals surface area contributed by atoms with Crippen LogP contribution in [-0.2, 0) is 15.8 Å². The molecule has 0 fully saturated rings. The van der Waals surface area contributed by atoms with E-state index in [1.54, 1.807) is 0 Å². The molecule has 0 N–H and O–H groups in total. The first-order valence-corrected chi connectivity index (χ1v) is 5.24. The van der Waals surface area contributed by atoms with Crippen molar-refractivity contribution < 1.29 is 9.36 Å². The first-order valence-electron chi connectivity index (χ1n) is 3.63. The van der Waals surface area contributed by atoms with Gasteiger partial charge in [-0.3, -0.25) is 4.79 Å². The highest BCUT2D eigenvalue weighted by Crippen LogP contribution is 2.12. The van der Waals surface area contributed by atoms with Gasteiger partial charge in [0.2, 0.25) is 5.52 Å². The van der Waals surface area contributed by atoms with E-state index in [0.29, 0.717) is 6.42 Å². The maximum atomic E-state index is 11.1. The molecule has 13 heavy (non-hydrogen) atoms. The van der Waals surface area contributed by atoms with E-state index >= 15 is 0 Å². The molecule has 0 aliphatic carbocycles. The van der Waals surface area contributed by atoms with Crippen molar-refractivity contribution in [2.75, 3.05) is 0 Å². The fourth-order valence-corrected chi connectivity index (χ4v) is 1.67. The SMILES string of the molecule is O=PN=PC(=O)Cc1ccccc1. The molecule has 66 valence electrons. The average Bonchev–Trinajstić information content (AvgIpc) is 2.16. The lowest BCUT2D eigenvalue weighted by atomic mass is 10.2. The zero-order valence-electron chi connectivity index (χ0n) is 6.75. The predicted molar refractivity (Wildman–Crippen MR) is 52.1 cm³/mol. The van der Waals surface area contributed by atoms with E-state index in [2.05, 4.69) is 4.52 Å². The van der Waals surface area contributed by atoms with Crippen LogP contribution in [0.2, 0.25) is 0 Å². The summed E-state index contributed by atoms with van der Waals surface area (Å²) >= 11 is 0. The number of hydrogen-bond acceptors (Lipinski definition) is 2. The second-order valence-electron chi connectivity index (χ2n) is 2.33. The Morgan fingerprint density at radius 1 is 1.31 bits per heavy atom. The molecule has 1 rings (SSSR count). The minimum atomic E-state index is -0.332. The van der Waals surface area contributed by atoms with Gasteiger partial charge in [0.25, 0.3) is 0 Å². The van der Waals surface area contributed by atoms with E-state index in [4.69, 9.17) is 0 Å². The summed E-state index contributed by atoms with van der Waals surface area (Å²) in [7, 11) is -0.0696. The Morgan fingerprint density at radius 3 is 2.62 bits per heavy atom. The van der Waals surface area contributed by atoms with E-state index in [-0.39, 0.29) is 22.5 Å². The third kappa shape index (κ3) is 4.02. The number of carbonyl (C=O) groups is 1. The highest BCUT2D eigenvalue weighted by molar-refractivity contribution is 7.52. The van der Waals surface area contributed by atoms with Crippen molar-refractivity contribution in [2.45, 2.75) is 6.42 Å². The summed E-state index contributed by atoms with van der Waals surface area (Å²) in [6.45, 7) is 0. The summed E-state index contributed by atoms with van der Waals surface area (Å²) < 4.78 is 13.3. The Hall–Kier alpha value is -0.910. The fraction of sp³-hybridized carbons (Fsp3) is 0.125. The first kappa shape index (κ1) is 10.2. The zero-order valence-corrected chi connectivity index (χ0v) is 8.54. The molecule has 0 aromatic heterocycles. The average molecular weight is 211 g/mol. The standard InChI is InChI=1S/C8H7NO2P2/c10-8(12-9-13-11)6-7-4-2-1-3-5-7/h1-5H,6H2. The second-order valence-corrected chi connectivity index (χ2v) is 3.90. The van der Waals surface area contributed by atoms with Crippen molar-refractivity contribution in [2.24, 2.45) is 4.52 Å². The molecule has 0 amide bonds. The Balaban J connectivity index is 2.55. The van der Waals surface area contributed by atoms with Crippen LogP contribution in [0, 0.1) is 0 Å². The van der Waals surface area contributed by atoms with Gasteiger partial charge in [0.05, 0.1) is 8.37 Å². The molecule has 0 radical (unpaired) electrons. The topological polar surface area (TPSA) is 46.5 Å². The lowest BCUT2D eigenvalue weighted by Crippen LogP contribution is -1.92. The molecule has 3 nitrogen and oxygen atoms in total. The van der Waals surface area contributed by atoms with Gasteiger partial charge < -0.3 is 0 Å². The third-order valence-corrected chi connectivity index (χ3v) is 2.42. The van der Waals surface area contributed by atoms with E-state index < -0.39 is 0 Å². The summed E-state index contributed by atoms with van der Waals surface area (Å²) in [5.41, 5.74) is 0.910. The van der Waals surface area contributed by atoms with Gasteiger partial charge in [-0.05, 0) is 5.56 Å². The molecule has 5 heteroatoms. The molecule has 0 bridgehead atoms. The quantitative estimate of drug-likeness (QED) is 0.718. The Morgan fingerprint density at radius 2 is 2.00 bits per heavy atom. The number of hydrogen-bond donors (Lipinski definition) is 0. The minimum Gasteiger partial charge on any atom is -0.287 e. The molecule has 0 unspecified atom stereocenters. The van der Waals surface area contributed by atoms with Gasteiger partial charge in [-0.15, -0.1) is 0 Å². The first-order chi connectivity index (χ1) is 6.33. The molecule has 0 saturated heterocycles. The van der Waals surface area contributed by atoms with Crippen LogP contribution in [0.1, 0.15) is 5.56 Å². The van der Waals surface area contributed by atoms with Crippen LogP contribution in [0.3, 0.4) is 0 Å². The molecule has 0 aliphatic heterocycles. The largest absolute Gasteiger partial charge is 0.307 e. The van der Waals surface area contributed by atoms with Crippen LogP contribution in [0.25, 0.3) is 0 Å². The molecule has 1 aromatic carbocycles. The van der Waals surface area contributed by atoms with Crippen molar-refractivity contribution in [1.29, 1.82) is 0 Å². The maximum Gasteiger partial charge on any atom is 0.307 e. The van der Waals surface area contributed by atoms with Crippen LogP contribution in [-0.4, -0.2) is 5.52 Å². The van der Waals surface area contributed by atoms with Gasteiger partial charge in [0.15, 0.2) is 0 Å². The Labute approximate surface area is 79.3 Å². The summed E-state index contributed by atoms with van der Waals surface area (Å²) in [6, 6.07) is 9.40. The minimum absolute atomic E-state index is 0.0467. The van der Waals surface area contributed by atoms with Gasteiger partial charge in [-0.1, -0.05) is 30.3 Å². The Bertz CT molecular complexity index is 324. The molecule has 0 spiro atoms. The lowest BCUT2D eigenvalue weighted by molar-refractivity contribution is -0.110. The van der Waals surface area contributed by atoms with Crippen LogP contribution in [0.5, 0.6) is 0 Å². The van der Waals surface area contributed by atoms with Gasteiger partial charge in [0.1, 0.15) is 0 Å². The van der Waals surface area contributed by atoms with Gasteiger partial charge in [-0.25, -0.2) is 4.57 Å². The number of carbonyl (C=O) groups excluding carboxylic acids is 1. The number of nitrogens with zero attached hydrogens (tertiary/aromatic N) is 1. The van der Waals surface area contributed by atoms with E-state index in [1.165, 1.54) is 0 Å². The molecule has 1 aromatic rings. The molecule has 0 aliphatic rings. The van der Waals surface area contributed by atoms with Crippen molar-refractivity contribution in [3.8, 4) is 0 Å². The summed E-state index contributed by atoms with van der Waals surface area (Å²) in [5, 5.41) is 0. The van der Waals surface area contributed by atoms with E-state index in [9.17, 15) is 9.36 Å². The third-order valence-electron chi connectivity index (χ3n) is 1.39. The van der Waals surface area contributed by atoms with Crippen molar-refractivity contribution in [3.05, 3.63) is 35.9 Å². The van der Waals surface area contributed by atoms with Crippen LogP contribution >= 0.6 is 17.0 Å². The maximum absolute atomic E-state index is 11.1. The van der Waals surface area contributed by atoms with Crippen molar-refractivity contribution >= 4 is 22.5 Å². The van der Waals surface area contributed by atoms with E-state index in [0.717, 1.165) is 5.56 Å². The summed E-state index contributed by atoms with van der Waals surface area (Å²) in [5.74, 6) is 0. The fourth-order valence-electron chi connectivity index (χ4n) is 0.874. The van der Waals surface area contributed by atoms with Gasteiger partial charge in [0, 0.05) is 6.42 Å². The van der Waals surface area contributed by atoms with Crippen molar-refractivity contribution in [1.82, 2.24) is 0 Å². The highest BCUT2D eigenvalue weighted by atomic mass is 31.1. The molecule has 0 atom stereocenters.